The molecule has 1 fully saturated rings. The van der Waals surface area contributed by atoms with Crippen LogP contribution >= 0.6 is 0 Å². The minimum Gasteiger partial charge on any atom is -0.478 e. The maximum absolute atomic E-state index is 12.4. The molecule has 0 radical (unpaired) electrons. The summed E-state index contributed by atoms with van der Waals surface area (Å²) >= 11 is 0. The zero-order valence-corrected chi connectivity index (χ0v) is 12.7. The molecule has 2 heterocycles. The van der Waals surface area contributed by atoms with E-state index in [1.54, 1.807) is 25.4 Å². The first-order valence-electron chi connectivity index (χ1n) is 7.31. The Hall–Kier alpha value is -1.66. The van der Waals surface area contributed by atoms with Gasteiger partial charge >= 0.3 is 0 Å². The van der Waals surface area contributed by atoms with E-state index in [0.717, 1.165) is 26.1 Å². The number of rotatable bonds is 6. The minimum atomic E-state index is 0.0294. The number of aromatic nitrogens is 1. The summed E-state index contributed by atoms with van der Waals surface area (Å²) in [5.74, 6) is 0.568. The van der Waals surface area contributed by atoms with Crippen LogP contribution in [0.2, 0.25) is 0 Å². The number of ether oxygens (including phenoxy) is 2. The summed E-state index contributed by atoms with van der Waals surface area (Å²) < 4.78 is 10.4. The fourth-order valence-electron chi connectivity index (χ4n) is 2.27. The number of piperazine rings is 1. The Morgan fingerprint density at radius 1 is 1.48 bits per heavy atom. The molecule has 0 bridgehead atoms. The molecule has 116 valence electrons. The molecule has 2 rings (SSSR count). The largest absolute Gasteiger partial charge is 0.478 e. The third-order valence-electron chi connectivity index (χ3n) is 3.38. The van der Waals surface area contributed by atoms with Crippen LogP contribution < -0.4 is 10.1 Å². The van der Waals surface area contributed by atoms with Crippen molar-refractivity contribution in [3.8, 4) is 5.88 Å². The molecule has 0 unspecified atom stereocenters. The summed E-state index contributed by atoms with van der Waals surface area (Å²) in [4.78, 5) is 18.4. The molecule has 6 heteroatoms. The molecule has 1 aliphatic heterocycles. The summed E-state index contributed by atoms with van der Waals surface area (Å²) in [6.45, 7) is 5.60. The van der Waals surface area contributed by atoms with Crippen molar-refractivity contribution in [3.05, 3.63) is 23.9 Å². The van der Waals surface area contributed by atoms with Crippen molar-refractivity contribution in [2.75, 3.05) is 40.0 Å². The van der Waals surface area contributed by atoms with Crippen LogP contribution in [0.15, 0.2) is 18.3 Å². The van der Waals surface area contributed by atoms with Gasteiger partial charge in [-0.2, -0.15) is 0 Å². The SMILES string of the molecule is COCCCOc1ccc(C(=O)N2CCN[C@H](C)C2)cn1. The fourth-order valence-corrected chi connectivity index (χ4v) is 2.27. The van der Waals surface area contributed by atoms with E-state index >= 15 is 0 Å². The standard InChI is InChI=1S/C15H23N3O3/c1-12-11-18(7-6-16-12)15(19)13-4-5-14(17-10-13)21-9-3-8-20-2/h4-5,10,12,16H,3,6-9,11H2,1-2H3/t12-/m1/s1. The van der Waals surface area contributed by atoms with E-state index in [-0.39, 0.29) is 5.91 Å². The first-order valence-corrected chi connectivity index (χ1v) is 7.31. The molecule has 0 aliphatic carbocycles. The molecular formula is C15H23N3O3. The van der Waals surface area contributed by atoms with Gasteiger partial charge in [0.15, 0.2) is 0 Å². The van der Waals surface area contributed by atoms with Gasteiger partial charge in [0.1, 0.15) is 0 Å². The molecule has 1 saturated heterocycles. The van der Waals surface area contributed by atoms with Crippen molar-refractivity contribution >= 4 is 5.91 Å². The van der Waals surface area contributed by atoms with E-state index in [1.165, 1.54) is 0 Å². The molecule has 1 aromatic rings. The van der Waals surface area contributed by atoms with Crippen LogP contribution in [-0.2, 0) is 4.74 Å². The number of carbonyl (C=O) groups excluding carboxylic acids is 1. The van der Waals surface area contributed by atoms with Crippen LogP contribution in [0.4, 0.5) is 0 Å². The van der Waals surface area contributed by atoms with Crippen LogP contribution in [0.3, 0.4) is 0 Å². The molecule has 1 atom stereocenters. The van der Waals surface area contributed by atoms with Gasteiger partial charge in [0.2, 0.25) is 5.88 Å². The average Bonchev–Trinajstić information content (AvgIpc) is 2.51. The Kier molecular flexibility index (Phi) is 5.95. The summed E-state index contributed by atoms with van der Waals surface area (Å²) in [5, 5.41) is 3.32. The van der Waals surface area contributed by atoms with E-state index in [9.17, 15) is 4.79 Å². The van der Waals surface area contributed by atoms with Crippen LogP contribution in [-0.4, -0.2) is 61.8 Å². The van der Waals surface area contributed by atoms with Gasteiger partial charge in [0.25, 0.3) is 5.91 Å². The van der Waals surface area contributed by atoms with Crippen LogP contribution in [0, 0.1) is 0 Å². The third-order valence-corrected chi connectivity index (χ3v) is 3.38. The predicted octanol–water partition coefficient (Wildman–Crippen LogP) is 0.931. The lowest BCUT2D eigenvalue weighted by Crippen LogP contribution is -2.51. The number of amides is 1. The summed E-state index contributed by atoms with van der Waals surface area (Å²) in [6.07, 6.45) is 2.40. The second kappa shape index (κ2) is 7.95. The molecule has 0 spiro atoms. The van der Waals surface area contributed by atoms with Gasteiger partial charge in [-0.3, -0.25) is 4.79 Å². The first-order chi connectivity index (χ1) is 10.2. The van der Waals surface area contributed by atoms with Crippen molar-refractivity contribution in [1.82, 2.24) is 15.2 Å². The predicted molar refractivity (Wildman–Crippen MR) is 79.6 cm³/mol. The van der Waals surface area contributed by atoms with E-state index in [2.05, 4.69) is 17.2 Å². The molecule has 1 aromatic heterocycles. The van der Waals surface area contributed by atoms with E-state index in [0.29, 0.717) is 30.7 Å². The highest BCUT2D eigenvalue weighted by atomic mass is 16.5. The maximum atomic E-state index is 12.4. The van der Waals surface area contributed by atoms with Gasteiger partial charge in [-0.15, -0.1) is 0 Å². The smallest absolute Gasteiger partial charge is 0.255 e. The van der Waals surface area contributed by atoms with Gasteiger partial charge in [0.05, 0.1) is 12.2 Å². The number of methoxy groups -OCH3 is 1. The highest BCUT2D eigenvalue weighted by molar-refractivity contribution is 5.94. The summed E-state index contributed by atoms with van der Waals surface area (Å²) in [6, 6.07) is 3.85. The van der Waals surface area contributed by atoms with Gasteiger partial charge in [-0.05, 0) is 13.0 Å². The van der Waals surface area contributed by atoms with Crippen molar-refractivity contribution in [1.29, 1.82) is 0 Å². The topological polar surface area (TPSA) is 63.7 Å². The molecule has 0 saturated carbocycles. The lowest BCUT2D eigenvalue weighted by atomic mass is 10.2. The quantitative estimate of drug-likeness (QED) is 0.791. The van der Waals surface area contributed by atoms with Gasteiger partial charge in [-0.25, -0.2) is 4.98 Å². The number of pyridine rings is 1. The Bertz CT molecular complexity index is 450. The van der Waals surface area contributed by atoms with Crippen molar-refractivity contribution in [2.24, 2.45) is 0 Å². The zero-order chi connectivity index (χ0) is 15.1. The highest BCUT2D eigenvalue weighted by Crippen LogP contribution is 2.11. The fraction of sp³-hybridized carbons (Fsp3) is 0.600. The molecular weight excluding hydrogens is 270 g/mol. The number of nitrogens with one attached hydrogen (secondary N) is 1. The lowest BCUT2D eigenvalue weighted by molar-refractivity contribution is 0.0708. The third kappa shape index (κ3) is 4.68. The van der Waals surface area contributed by atoms with Gasteiger partial charge < -0.3 is 19.7 Å². The van der Waals surface area contributed by atoms with Gasteiger partial charge in [0, 0.05) is 58.1 Å². The monoisotopic (exact) mass is 293 g/mol. The molecule has 21 heavy (non-hydrogen) atoms. The molecule has 1 amide bonds. The second-order valence-corrected chi connectivity index (χ2v) is 5.19. The number of nitrogens with zero attached hydrogens (tertiary/aromatic N) is 2. The van der Waals surface area contributed by atoms with E-state index in [4.69, 9.17) is 9.47 Å². The average molecular weight is 293 g/mol. The lowest BCUT2D eigenvalue weighted by Gasteiger charge is -2.31. The minimum absolute atomic E-state index is 0.0294. The zero-order valence-electron chi connectivity index (χ0n) is 12.7. The summed E-state index contributed by atoms with van der Waals surface area (Å²) in [7, 11) is 1.66. The normalized spacial score (nSPS) is 18.6. The first kappa shape index (κ1) is 15.7. The number of carbonyl (C=O) groups is 1. The molecule has 1 N–H and O–H groups in total. The van der Waals surface area contributed by atoms with Gasteiger partial charge in [-0.1, -0.05) is 0 Å². The second-order valence-electron chi connectivity index (χ2n) is 5.19. The maximum Gasteiger partial charge on any atom is 0.255 e. The van der Waals surface area contributed by atoms with Crippen molar-refractivity contribution in [2.45, 2.75) is 19.4 Å². The Balaban J connectivity index is 1.87. The molecule has 1 aliphatic rings. The molecule has 6 nitrogen and oxygen atoms in total. The van der Waals surface area contributed by atoms with Crippen molar-refractivity contribution in [3.63, 3.8) is 0 Å². The van der Waals surface area contributed by atoms with E-state index in [1.807, 2.05) is 4.90 Å². The van der Waals surface area contributed by atoms with Crippen LogP contribution in [0.25, 0.3) is 0 Å². The van der Waals surface area contributed by atoms with Crippen molar-refractivity contribution < 1.29 is 14.3 Å². The Morgan fingerprint density at radius 2 is 2.33 bits per heavy atom. The van der Waals surface area contributed by atoms with Crippen LogP contribution in [0.1, 0.15) is 23.7 Å². The number of hydrogen-bond acceptors (Lipinski definition) is 5. The highest BCUT2D eigenvalue weighted by Gasteiger charge is 2.21. The van der Waals surface area contributed by atoms with Crippen LogP contribution in [0.5, 0.6) is 5.88 Å². The van der Waals surface area contributed by atoms with E-state index < -0.39 is 0 Å². The Labute approximate surface area is 125 Å². The Morgan fingerprint density at radius 3 is 3.00 bits per heavy atom. The molecule has 0 aromatic carbocycles. The summed E-state index contributed by atoms with van der Waals surface area (Å²) in [5.41, 5.74) is 0.605. The number of hydrogen-bond donors (Lipinski definition) is 1.